The predicted molar refractivity (Wildman–Crippen MR) is 104 cm³/mol. The minimum absolute atomic E-state index is 0.284. The van der Waals surface area contributed by atoms with Crippen LogP contribution < -0.4 is 0 Å². The molecule has 0 N–H and O–H groups in total. The molecule has 25 heavy (non-hydrogen) atoms. The first-order valence-electron chi connectivity index (χ1n) is 8.67. The van der Waals surface area contributed by atoms with Crippen LogP contribution in [0.4, 0.5) is 0 Å². The fourth-order valence-corrected chi connectivity index (χ4v) is 3.62. The minimum Gasteiger partial charge on any atom is -0.465 e. The molecule has 2 nitrogen and oxygen atoms in total. The molecule has 128 valence electrons. The molecule has 0 amide bonds. The van der Waals surface area contributed by atoms with Crippen LogP contribution in [0.5, 0.6) is 0 Å². The Balaban J connectivity index is 2.08. The third kappa shape index (κ3) is 3.43. The SMILES string of the molecule is COC(=O)c1ccc(C2=C(/C)CCc3ccccc3/C=C\2C)cc1C. The number of benzene rings is 2. The number of esters is 1. The second kappa shape index (κ2) is 7.10. The normalized spacial score (nSPS) is 19.3. The number of hydrogen-bond acceptors (Lipinski definition) is 2. The molecule has 0 spiro atoms. The highest BCUT2D eigenvalue weighted by Gasteiger charge is 2.16. The highest BCUT2D eigenvalue weighted by Crippen LogP contribution is 2.34. The van der Waals surface area contributed by atoms with Crippen molar-refractivity contribution >= 4 is 17.6 Å². The van der Waals surface area contributed by atoms with Crippen LogP contribution in [0, 0.1) is 6.92 Å². The zero-order valence-corrected chi connectivity index (χ0v) is 15.3. The number of carbonyl (C=O) groups excluding carboxylic acids is 1. The van der Waals surface area contributed by atoms with Gasteiger partial charge in [0.2, 0.25) is 0 Å². The molecule has 2 heteroatoms. The van der Waals surface area contributed by atoms with E-state index in [-0.39, 0.29) is 5.97 Å². The molecule has 2 aromatic rings. The molecule has 0 saturated heterocycles. The summed E-state index contributed by atoms with van der Waals surface area (Å²) in [7, 11) is 1.42. The molecule has 0 aromatic heterocycles. The lowest BCUT2D eigenvalue weighted by molar-refractivity contribution is 0.0600. The summed E-state index contributed by atoms with van der Waals surface area (Å²) < 4.78 is 4.86. The third-order valence-corrected chi connectivity index (χ3v) is 4.94. The number of allylic oxidation sites excluding steroid dienone is 3. The molecule has 0 atom stereocenters. The molecule has 0 saturated carbocycles. The van der Waals surface area contributed by atoms with Gasteiger partial charge in [0.05, 0.1) is 12.7 Å². The van der Waals surface area contributed by atoms with Crippen molar-refractivity contribution in [1.29, 1.82) is 0 Å². The van der Waals surface area contributed by atoms with Gasteiger partial charge in [-0.2, -0.15) is 0 Å². The van der Waals surface area contributed by atoms with E-state index >= 15 is 0 Å². The van der Waals surface area contributed by atoms with Crippen molar-refractivity contribution in [2.24, 2.45) is 0 Å². The quantitative estimate of drug-likeness (QED) is 0.669. The van der Waals surface area contributed by atoms with Crippen molar-refractivity contribution in [1.82, 2.24) is 0 Å². The summed E-state index contributed by atoms with van der Waals surface area (Å²) >= 11 is 0. The van der Waals surface area contributed by atoms with Crippen LogP contribution in [0.15, 0.2) is 53.6 Å². The van der Waals surface area contributed by atoms with E-state index in [0.717, 1.165) is 24.0 Å². The maximum Gasteiger partial charge on any atom is 0.338 e. The summed E-state index contributed by atoms with van der Waals surface area (Å²) in [4.78, 5) is 11.8. The van der Waals surface area contributed by atoms with Crippen molar-refractivity contribution < 1.29 is 9.53 Å². The topological polar surface area (TPSA) is 26.3 Å². The van der Waals surface area contributed by atoms with E-state index in [9.17, 15) is 4.79 Å². The Kier molecular flexibility index (Phi) is 4.89. The van der Waals surface area contributed by atoms with Crippen LogP contribution in [0.25, 0.3) is 11.6 Å². The Morgan fingerprint density at radius 3 is 2.48 bits per heavy atom. The number of fused-ring (bicyclic) bond motifs is 1. The van der Waals surface area contributed by atoms with E-state index in [4.69, 9.17) is 4.74 Å². The average Bonchev–Trinajstić information content (AvgIpc) is 2.59. The lowest BCUT2D eigenvalue weighted by Gasteiger charge is -2.19. The van der Waals surface area contributed by atoms with E-state index in [2.05, 4.69) is 50.3 Å². The Morgan fingerprint density at radius 1 is 1.00 bits per heavy atom. The summed E-state index contributed by atoms with van der Waals surface area (Å²) in [5, 5.41) is 0. The highest BCUT2D eigenvalue weighted by molar-refractivity contribution is 5.93. The first-order valence-corrected chi connectivity index (χ1v) is 8.67. The first-order chi connectivity index (χ1) is 12.0. The van der Waals surface area contributed by atoms with Gasteiger partial charge in [-0.1, -0.05) is 48.0 Å². The van der Waals surface area contributed by atoms with E-state index < -0.39 is 0 Å². The molecule has 0 radical (unpaired) electrons. The molecule has 0 fully saturated rings. The fourth-order valence-electron chi connectivity index (χ4n) is 3.62. The third-order valence-electron chi connectivity index (χ3n) is 4.94. The van der Waals surface area contributed by atoms with Gasteiger partial charge < -0.3 is 4.74 Å². The number of methoxy groups -OCH3 is 1. The molecule has 1 aliphatic carbocycles. The maximum atomic E-state index is 11.8. The van der Waals surface area contributed by atoms with Gasteiger partial charge >= 0.3 is 5.97 Å². The zero-order valence-electron chi connectivity index (χ0n) is 15.3. The van der Waals surface area contributed by atoms with E-state index in [1.54, 1.807) is 0 Å². The van der Waals surface area contributed by atoms with Crippen LogP contribution in [-0.4, -0.2) is 13.1 Å². The first kappa shape index (κ1) is 17.2. The zero-order chi connectivity index (χ0) is 18.0. The lowest BCUT2D eigenvalue weighted by Crippen LogP contribution is -2.05. The van der Waals surface area contributed by atoms with Crippen molar-refractivity contribution in [2.45, 2.75) is 33.6 Å². The van der Waals surface area contributed by atoms with Crippen LogP contribution in [0.2, 0.25) is 0 Å². The van der Waals surface area contributed by atoms with Crippen molar-refractivity contribution in [3.63, 3.8) is 0 Å². The molecule has 0 aliphatic heterocycles. The Morgan fingerprint density at radius 2 is 1.76 bits per heavy atom. The molecular weight excluding hydrogens is 308 g/mol. The Labute approximate surface area is 149 Å². The van der Waals surface area contributed by atoms with Crippen molar-refractivity contribution in [3.05, 3.63) is 81.4 Å². The monoisotopic (exact) mass is 332 g/mol. The van der Waals surface area contributed by atoms with Crippen molar-refractivity contribution in [2.75, 3.05) is 7.11 Å². The van der Waals surface area contributed by atoms with E-state index in [1.807, 2.05) is 19.1 Å². The van der Waals surface area contributed by atoms with Crippen LogP contribution >= 0.6 is 0 Å². The second-order valence-electron chi connectivity index (χ2n) is 6.70. The highest BCUT2D eigenvalue weighted by atomic mass is 16.5. The summed E-state index contributed by atoms with van der Waals surface area (Å²) in [5.41, 5.74) is 9.36. The minimum atomic E-state index is -0.284. The van der Waals surface area contributed by atoms with Crippen LogP contribution in [0.3, 0.4) is 0 Å². The van der Waals surface area contributed by atoms with Crippen LogP contribution in [-0.2, 0) is 11.2 Å². The molecule has 0 unspecified atom stereocenters. The number of rotatable bonds is 2. The van der Waals surface area contributed by atoms with Gasteiger partial charge in [-0.05, 0) is 73.1 Å². The molecule has 0 bridgehead atoms. The van der Waals surface area contributed by atoms with Gasteiger partial charge in [0.15, 0.2) is 0 Å². The largest absolute Gasteiger partial charge is 0.465 e. The average molecular weight is 332 g/mol. The lowest BCUT2D eigenvalue weighted by atomic mass is 9.86. The van der Waals surface area contributed by atoms with E-state index in [0.29, 0.717) is 5.56 Å². The molecule has 1 aliphatic rings. The smallest absolute Gasteiger partial charge is 0.338 e. The molecule has 0 heterocycles. The van der Waals surface area contributed by atoms with Gasteiger partial charge in [-0.3, -0.25) is 0 Å². The Bertz CT molecular complexity index is 885. The van der Waals surface area contributed by atoms with Gasteiger partial charge in [0.1, 0.15) is 0 Å². The molecule has 2 aromatic carbocycles. The van der Waals surface area contributed by atoms with Gasteiger partial charge in [-0.25, -0.2) is 4.79 Å². The number of ether oxygens (including phenoxy) is 1. The second-order valence-corrected chi connectivity index (χ2v) is 6.70. The summed E-state index contributed by atoms with van der Waals surface area (Å²) in [6.45, 7) is 6.34. The van der Waals surface area contributed by atoms with Gasteiger partial charge in [-0.15, -0.1) is 0 Å². The van der Waals surface area contributed by atoms with Gasteiger partial charge in [0, 0.05) is 0 Å². The number of carbonyl (C=O) groups is 1. The standard InChI is InChI=1S/C23H24O2/c1-15-9-10-18-7-5-6-8-19(18)14-17(3)22(15)20-11-12-21(16(2)13-20)23(24)25-4/h5-8,11-14H,9-10H2,1-4H3/b17-14-,22-15-. The summed E-state index contributed by atoms with van der Waals surface area (Å²) in [6, 6.07) is 14.6. The summed E-state index contributed by atoms with van der Waals surface area (Å²) in [6.07, 6.45) is 4.36. The Hall–Kier alpha value is -2.61. The fraction of sp³-hybridized carbons (Fsp3) is 0.261. The maximum absolute atomic E-state index is 11.8. The number of hydrogen-bond donors (Lipinski definition) is 0. The summed E-state index contributed by atoms with van der Waals surface area (Å²) in [5.74, 6) is -0.284. The number of aryl methyl sites for hydroxylation is 2. The van der Waals surface area contributed by atoms with E-state index in [1.165, 1.54) is 35.0 Å². The predicted octanol–water partition coefficient (Wildman–Crippen LogP) is 5.60. The molecular formula is C23H24O2. The molecule has 3 rings (SSSR count). The van der Waals surface area contributed by atoms with Crippen molar-refractivity contribution in [3.8, 4) is 0 Å². The van der Waals surface area contributed by atoms with Gasteiger partial charge in [0.25, 0.3) is 0 Å². The van der Waals surface area contributed by atoms with Crippen LogP contribution in [0.1, 0.15) is 52.9 Å².